The standard InChI is InChI=1S/C12H23N3O3S/c1-12(2,19(4,16)17)9-15-10-14-8-11(15)7-13-5-6-18-3/h8,10,13H,5-7,9H2,1-4H3. The fraction of sp³-hybridized carbons (Fsp3) is 0.750. The van der Waals surface area contributed by atoms with Crippen molar-refractivity contribution in [3.05, 3.63) is 18.2 Å². The van der Waals surface area contributed by atoms with Crippen LogP contribution in [0.3, 0.4) is 0 Å². The van der Waals surface area contributed by atoms with Crippen LogP contribution in [0.15, 0.2) is 12.5 Å². The Balaban J connectivity index is 2.68. The number of hydrogen-bond acceptors (Lipinski definition) is 5. The average Bonchev–Trinajstić information content (AvgIpc) is 2.70. The zero-order chi connectivity index (χ0) is 14.5. The van der Waals surface area contributed by atoms with Crippen molar-refractivity contribution in [3.63, 3.8) is 0 Å². The van der Waals surface area contributed by atoms with E-state index in [4.69, 9.17) is 4.74 Å². The Labute approximate surface area is 115 Å². The Kier molecular flexibility index (Phi) is 5.51. The first-order valence-electron chi connectivity index (χ1n) is 6.16. The first-order valence-corrected chi connectivity index (χ1v) is 8.05. The second kappa shape index (κ2) is 6.49. The maximum atomic E-state index is 11.7. The molecular weight excluding hydrogens is 266 g/mol. The molecule has 0 radical (unpaired) electrons. The van der Waals surface area contributed by atoms with Gasteiger partial charge in [-0.1, -0.05) is 0 Å². The van der Waals surface area contributed by atoms with E-state index in [0.717, 1.165) is 12.2 Å². The molecule has 1 heterocycles. The van der Waals surface area contributed by atoms with E-state index in [-0.39, 0.29) is 0 Å². The Morgan fingerprint density at radius 3 is 2.74 bits per heavy atom. The predicted molar refractivity (Wildman–Crippen MR) is 74.7 cm³/mol. The summed E-state index contributed by atoms with van der Waals surface area (Å²) in [6.07, 6.45) is 4.68. The molecule has 7 heteroatoms. The molecule has 0 spiro atoms. The summed E-state index contributed by atoms with van der Waals surface area (Å²) >= 11 is 0. The Morgan fingerprint density at radius 1 is 1.47 bits per heavy atom. The first kappa shape index (κ1) is 16.1. The molecule has 0 saturated heterocycles. The van der Waals surface area contributed by atoms with Crippen molar-refractivity contribution in [1.29, 1.82) is 0 Å². The summed E-state index contributed by atoms with van der Waals surface area (Å²) in [7, 11) is -1.46. The van der Waals surface area contributed by atoms with Gasteiger partial charge in [-0.15, -0.1) is 0 Å². The lowest BCUT2D eigenvalue weighted by Crippen LogP contribution is -2.36. The molecule has 0 fully saturated rings. The Hall–Kier alpha value is -0.920. The Bertz CT molecular complexity index is 494. The highest BCUT2D eigenvalue weighted by Crippen LogP contribution is 2.18. The van der Waals surface area contributed by atoms with Gasteiger partial charge in [-0.25, -0.2) is 13.4 Å². The van der Waals surface area contributed by atoms with E-state index in [9.17, 15) is 8.42 Å². The highest BCUT2D eigenvalue weighted by Gasteiger charge is 2.31. The maximum Gasteiger partial charge on any atom is 0.154 e. The highest BCUT2D eigenvalue weighted by atomic mass is 32.2. The fourth-order valence-corrected chi connectivity index (χ4v) is 1.93. The average molecular weight is 289 g/mol. The van der Waals surface area contributed by atoms with E-state index in [1.165, 1.54) is 6.26 Å². The van der Waals surface area contributed by atoms with Crippen LogP contribution in [-0.2, 0) is 27.7 Å². The third kappa shape index (κ3) is 4.59. The highest BCUT2D eigenvalue weighted by molar-refractivity contribution is 7.92. The van der Waals surface area contributed by atoms with Gasteiger partial charge in [-0.05, 0) is 13.8 Å². The number of methoxy groups -OCH3 is 1. The minimum Gasteiger partial charge on any atom is -0.383 e. The fourth-order valence-electron chi connectivity index (χ4n) is 1.56. The molecule has 1 N–H and O–H groups in total. The third-order valence-corrected chi connectivity index (χ3v) is 5.28. The number of imidazole rings is 1. The van der Waals surface area contributed by atoms with Gasteiger partial charge >= 0.3 is 0 Å². The van der Waals surface area contributed by atoms with Crippen molar-refractivity contribution in [3.8, 4) is 0 Å². The normalized spacial score (nSPS) is 12.8. The molecular formula is C12H23N3O3S. The molecule has 19 heavy (non-hydrogen) atoms. The summed E-state index contributed by atoms with van der Waals surface area (Å²) < 4.78 is 29.5. The smallest absolute Gasteiger partial charge is 0.154 e. The largest absolute Gasteiger partial charge is 0.383 e. The van der Waals surface area contributed by atoms with Crippen LogP contribution in [0.25, 0.3) is 0 Å². The molecule has 1 aromatic rings. The predicted octanol–water partition coefficient (Wildman–Crippen LogP) is 0.442. The van der Waals surface area contributed by atoms with Crippen LogP contribution >= 0.6 is 0 Å². The van der Waals surface area contributed by atoms with Crippen molar-refractivity contribution < 1.29 is 13.2 Å². The van der Waals surface area contributed by atoms with Crippen LogP contribution in [-0.4, -0.2) is 49.2 Å². The van der Waals surface area contributed by atoms with Gasteiger partial charge in [0.1, 0.15) is 0 Å². The minimum absolute atomic E-state index is 0.396. The number of aromatic nitrogens is 2. The van der Waals surface area contributed by atoms with Gasteiger partial charge in [-0.3, -0.25) is 0 Å². The van der Waals surface area contributed by atoms with Gasteiger partial charge in [0.05, 0.1) is 23.4 Å². The molecule has 0 unspecified atom stereocenters. The van der Waals surface area contributed by atoms with Gasteiger partial charge in [0.25, 0.3) is 0 Å². The first-order chi connectivity index (χ1) is 8.78. The van der Waals surface area contributed by atoms with E-state index in [0.29, 0.717) is 19.7 Å². The van der Waals surface area contributed by atoms with E-state index in [2.05, 4.69) is 10.3 Å². The number of rotatable bonds is 8. The summed E-state index contributed by atoms with van der Waals surface area (Å²) in [4.78, 5) is 4.08. The topological polar surface area (TPSA) is 73.2 Å². The van der Waals surface area contributed by atoms with E-state index in [1.54, 1.807) is 33.5 Å². The van der Waals surface area contributed by atoms with E-state index < -0.39 is 14.6 Å². The molecule has 0 saturated carbocycles. The summed E-state index contributed by atoms with van der Waals surface area (Å²) in [6, 6.07) is 0. The van der Waals surface area contributed by atoms with Gasteiger partial charge in [0.2, 0.25) is 0 Å². The third-order valence-electron chi connectivity index (χ3n) is 3.14. The molecule has 6 nitrogen and oxygen atoms in total. The van der Waals surface area contributed by atoms with Crippen molar-refractivity contribution in [2.45, 2.75) is 31.7 Å². The van der Waals surface area contributed by atoms with Crippen molar-refractivity contribution in [1.82, 2.24) is 14.9 Å². The van der Waals surface area contributed by atoms with E-state index >= 15 is 0 Å². The summed E-state index contributed by atoms with van der Waals surface area (Å²) in [5.74, 6) is 0. The molecule has 0 atom stereocenters. The summed E-state index contributed by atoms with van der Waals surface area (Å²) in [5.41, 5.74) is 0.966. The Morgan fingerprint density at radius 2 is 2.16 bits per heavy atom. The number of nitrogens with zero attached hydrogens (tertiary/aromatic N) is 2. The van der Waals surface area contributed by atoms with Crippen LogP contribution in [0.5, 0.6) is 0 Å². The van der Waals surface area contributed by atoms with Crippen LogP contribution in [0.4, 0.5) is 0 Å². The second-order valence-corrected chi connectivity index (χ2v) is 7.86. The van der Waals surface area contributed by atoms with Gasteiger partial charge < -0.3 is 14.6 Å². The monoisotopic (exact) mass is 289 g/mol. The van der Waals surface area contributed by atoms with Crippen LogP contribution in [0.2, 0.25) is 0 Å². The van der Waals surface area contributed by atoms with Gasteiger partial charge in [0, 0.05) is 39.2 Å². The van der Waals surface area contributed by atoms with Gasteiger partial charge in [-0.2, -0.15) is 0 Å². The molecule has 0 bridgehead atoms. The SMILES string of the molecule is COCCNCc1cncn1CC(C)(C)S(C)(=O)=O. The number of hydrogen-bond donors (Lipinski definition) is 1. The molecule has 1 rings (SSSR count). The lowest BCUT2D eigenvalue weighted by molar-refractivity contribution is 0.199. The van der Waals surface area contributed by atoms with Gasteiger partial charge in [0.15, 0.2) is 9.84 Å². The van der Waals surface area contributed by atoms with Crippen molar-refractivity contribution >= 4 is 9.84 Å². The zero-order valence-electron chi connectivity index (χ0n) is 12.0. The van der Waals surface area contributed by atoms with Crippen molar-refractivity contribution in [2.75, 3.05) is 26.5 Å². The van der Waals surface area contributed by atoms with Crippen LogP contribution in [0, 0.1) is 0 Å². The van der Waals surface area contributed by atoms with Crippen LogP contribution < -0.4 is 5.32 Å². The number of ether oxygens (including phenoxy) is 1. The molecule has 0 aliphatic carbocycles. The molecule has 0 aliphatic rings. The number of nitrogens with one attached hydrogen (secondary N) is 1. The minimum atomic E-state index is -3.11. The maximum absolute atomic E-state index is 11.7. The number of sulfone groups is 1. The molecule has 0 amide bonds. The van der Waals surface area contributed by atoms with E-state index in [1.807, 2.05) is 4.57 Å². The summed E-state index contributed by atoms with van der Waals surface area (Å²) in [6.45, 7) is 5.88. The zero-order valence-corrected chi connectivity index (χ0v) is 12.8. The molecule has 1 aromatic heterocycles. The van der Waals surface area contributed by atoms with Crippen molar-refractivity contribution in [2.24, 2.45) is 0 Å². The quantitative estimate of drug-likeness (QED) is 0.703. The summed E-state index contributed by atoms with van der Waals surface area (Å²) in [5, 5.41) is 3.22. The molecule has 110 valence electrons. The second-order valence-electron chi connectivity index (χ2n) is 5.21. The molecule has 0 aliphatic heterocycles. The molecule has 0 aromatic carbocycles. The van der Waals surface area contributed by atoms with Crippen LogP contribution in [0.1, 0.15) is 19.5 Å². The lowest BCUT2D eigenvalue weighted by Gasteiger charge is -2.24. The lowest BCUT2D eigenvalue weighted by atomic mass is 10.2.